The molecule has 0 radical (unpaired) electrons. The van der Waals surface area contributed by atoms with Gasteiger partial charge in [0.25, 0.3) is 0 Å². The smallest absolute Gasteiger partial charge is 0.246 e. The number of methoxy groups -OCH3 is 1. The van der Waals surface area contributed by atoms with Crippen LogP contribution in [0.1, 0.15) is 16.7 Å². The second-order valence-corrected chi connectivity index (χ2v) is 5.21. The van der Waals surface area contributed by atoms with E-state index in [1.807, 2.05) is 32.0 Å². The lowest BCUT2D eigenvalue weighted by atomic mass is 10.1. The highest BCUT2D eigenvalue weighted by molar-refractivity contribution is 5.95. The van der Waals surface area contributed by atoms with E-state index < -0.39 is 0 Å². The SMILES string of the molecule is COc1ccc(O)c(C=NCC(=O)Nc2c(C)cccc2C)c1. The molecule has 2 rings (SSSR count). The first-order chi connectivity index (χ1) is 11.0. The van der Waals surface area contributed by atoms with Crippen molar-refractivity contribution in [2.45, 2.75) is 13.8 Å². The van der Waals surface area contributed by atoms with Gasteiger partial charge in [-0.1, -0.05) is 18.2 Å². The molecule has 120 valence electrons. The molecule has 0 unspecified atom stereocenters. The number of phenols is 1. The van der Waals surface area contributed by atoms with Gasteiger partial charge in [-0.15, -0.1) is 0 Å². The molecule has 0 spiro atoms. The van der Waals surface area contributed by atoms with Gasteiger partial charge in [0.05, 0.1) is 7.11 Å². The van der Waals surface area contributed by atoms with Crippen molar-refractivity contribution < 1.29 is 14.6 Å². The third kappa shape index (κ3) is 4.32. The van der Waals surface area contributed by atoms with Gasteiger partial charge in [0, 0.05) is 17.5 Å². The number of hydrogen-bond acceptors (Lipinski definition) is 4. The van der Waals surface area contributed by atoms with Gasteiger partial charge in [0.15, 0.2) is 0 Å². The maximum Gasteiger partial charge on any atom is 0.246 e. The Morgan fingerprint density at radius 2 is 1.96 bits per heavy atom. The molecule has 0 aromatic heterocycles. The molecule has 0 aliphatic carbocycles. The van der Waals surface area contributed by atoms with E-state index in [4.69, 9.17) is 4.74 Å². The van der Waals surface area contributed by atoms with E-state index >= 15 is 0 Å². The molecule has 2 aromatic rings. The van der Waals surface area contributed by atoms with Crippen LogP contribution in [0.2, 0.25) is 0 Å². The molecule has 5 nitrogen and oxygen atoms in total. The van der Waals surface area contributed by atoms with Crippen molar-refractivity contribution in [3.05, 3.63) is 53.1 Å². The van der Waals surface area contributed by atoms with Crippen LogP contribution in [0, 0.1) is 13.8 Å². The number of ether oxygens (including phenoxy) is 1. The number of benzene rings is 2. The minimum atomic E-state index is -0.207. The van der Waals surface area contributed by atoms with Crippen molar-refractivity contribution in [3.8, 4) is 11.5 Å². The van der Waals surface area contributed by atoms with Crippen LogP contribution in [0.5, 0.6) is 11.5 Å². The third-order valence-electron chi connectivity index (χ3n) is 3.45. The number of phenolic OH excluding ortho intramolecular Hbond substituents is 1. The normalized spacial score (nSPS) is 10.7. The van der Waals surface area contributed by atoms with Crippen LogP contribution in [-0.4, -0.2) is 30.9 Å². The molecule has 0 heterocycles. The number of para-hydroxylation sites is 1. The molecule has 0 aliphatic heterocycles. The van der Waals surface area contributed by atoms with Crippen molar-refractivity contribution in [2.75, 3.05) is 19.0 Å². The minimum Gasteiger partial charge on any atom is -0.507 e. The molecule has 0 saturated carbocycles. The molecule has 2 N–H and O–H groups in total. The summed E-state index contributed by atoms with van der Waals surface area (Å²) in [6, 6.07) is 10.7. The van der Waals surface area contributed by atoms with E-state index in [1.165, 1.54) is 12.3 Å². The van der Waals surface area contributed by atoms with Gasteiger partial charge in [0.2, 0.25) is 5.91 Å². The second-order valence-electron chi connectivity index (χ2n) is 5.21. The molecule has 5 heteroatoms. The van der Waals surface area contributed by atoms with Crippen LogP contribution in [0.3, 0.4) is 0 Å². The van der Waals surface area contributed by atoms with Gasteiger partial charge < -0.3 is 15.2 Å². The Balaban J connectivity index is 2.02. The molecular formula is C18H20N2O3. The highest BCUT2D eigenvalue weighted by Crippen LogP contribution is 2.21. The van der Waals surface area contributed by atoms with Gasteiger partial charge >= 0.3 is 0 Å². The Morgan fingerprint density at radius 1 is 1.26 bits per heavy atom. The summed E-state index contributed by atoms with van der Waals surface area (Å²) in [6.45, 7) is 3.87. The number of aromatic hydroxyl groups is 1. The highest BCUT2D eigenvalue weighted by Gasteiger charge is 2.06. The Hall–Kier alpha value is -2.82. The molecule has 0 fully saturated rings. The number of aryl methyl sites for hydroxylation is 2. The van der Waals surface area contributed by atoms with Gasteiger partial charge in [-0.25, -0.2) is 0 Å². The summed E-state index contributed by atoms with van der Waals surface area (Å²) in [4.78, 5) is 16.1. The predicted octanol–water partition coefficient (Wildman–Crippen LogP) is 3.08. The first-order valence-corrected chi connectivity index (χ1v) is 7.24. The number of aliphatic imine (C=N–C) groups is 1. The average Bonchev–Trinajstić information content (AvgIpc) is 2.53. The molecule has 0 saturated heterocycles. The molecular weight excluding hydrogens is 292 g/mol. The lowest BCUT2D eigenvalue weighted by Gasteiger charge is -2.10. The standard InChI is InChI=1S/C18H20N2O3/c1-12-5-4-6-13(2)18(12)20-17(22)11-19-10-14-9-15(23-3)7-8-16(14)21/h4-10,21H,11H2,1-3H3,(H,20,22). The topological polar surface area (TPSA) is 70.9 Å². The quantitative estimate of drug-likeness (QED) is 0.834. The zero-order valence-corrected chi connectivity index (χ0v) is 13.5. The monoisotopic (exact) mass is 312 g/mol. The van der Waals surface area contributed by atoms with Gasteiger partial charge in [-0.2, -0.15) is 0 Å². The molecule has 23 heavy (non-hydrogen) atoms. The van der Waals surface area contributed by atoms with Crippen LogP contribution >= 0.6 is 0 Å². The maximum atomic E-state index is 12.0. The van der Waals surface area contributed by atoms with Gasteiger partial charge in [0.1, 0.15) is 18.0 Å². The molecule has 2 aromatic carbocycles. The lowest BCUT2D eigenvalue weighted by molar-refractivity contribution is -0.114. The van der Waals surface area contributed by atoms with Crippen LogP contribution < -0.4 is 10.1 Å². The number of carbonyl (C=O) groups is 1. The fourth-order valence-electron chi connectivity index (χ4n) is 2.18. The number of nitrogens with one attached hydrogen (secondary N) is 1. The zero-order valence-electron chi connectivity index (χ0n) is 13.5. The fourth-order valence-corrected chi connectivity index (χ4v) is 2.18. The van der Waals surface area contributed by atoms with E-state index in [9.17, 15) is 9.90 Å². The second kappa shape index (κ2) is 7.45. The number of rotatable bonds is 5. The fraction of sp³-hybridized carbons (Fsp3) is 0.222. The average molecular weight is 312 g/mol. The summed E-state index contributed by atoms with van der Waals surface area (Å²) in [5.74, 6) is 0.495. The number of amides is 1. The zero-order chi connectivity index (χ0) is 16.8. The van der Waals surface area contributed by atoms with Crippen molar-refractivity contribution in [3.63, 3.8) is 0 Å². The van der Waals surface area contributed by atoms with Crippen LogP contribution in [0.25, 0.3) is 0 Å². The van der Waals surface area contributed by atoms with Crippen molar-refractivity contribution in [2.24, 2.45) is 4.99 Å². The van der Waals surface area contributed by atoms with Crippen LogP contribution in [0.15, 0.2) is 41.4 Å². The molecule has 0 aliphatic rings. The number of anilines is 1. The van der Waals surface area contributed by atoms with E-state index in [0.29, 0.717) is 11.3 Å². The van der Waals surface area contributed by atoms with Crippen molar-refractivity contribution in [1.82, 2.24) is 0 Å². The van der Waals surface area contributed by atoms with E-state index in [1.54, 1.807) is 19.2 Å². The third-order valence-corrected chi connectivity index (χ3v) is 3.45. The number of nitrogens with zero attached hydrogens (tertiary/aromatic N) is 1. The van der Waals surface area contributed by atoms with Gasteiger partial charge in [-0.3, -0.25) is 9.79 Å². The first-order valence-electron chi connectivity index (χ1n) is 7.24. The van der Waals surface area contributed by atoms with Gasteiger partial charge in [-0.05, 0) is 43.2 Å². The Kier molecular flexibility index (Phi) is 5.36. The summed E-state index contributed by atoms with van der Waals surface area (Å²) in [5, 5.41) is 12.6. The largest absolute Gasteiger partial charge is 0.507 e. The first kappa shape index (κ1) is 16.5. The summed E-state index contributed by atoms with van der Waals surface area (Å²) in [7, 11) is 1.55. The van der Waals surface area contributed by atoms with Crippen LogP contribution in [-0.2, 0) is 4.79 Å². The van der Waals surface area contributed by atoms with Crippen molar-refractivity contribution in [1.29, 1.82) is 0 Å². The summed E-state index contributed by atoms with van der Waals surface area (Å²) < 4.78 is 5.09. The lowest BCUT2D eigenvalue weighted by Crippen LogP contribution is -2.16. The van der Waals surface area contributed by atoms with Crippen LogP contribution in [0.4, 0.5) is 5.69 Å². The van der Waals surface area contributed by atoms with E-state index in [2.05, 4.69) is 10.3 Å². The molecule has 0 bridgehead atoms. The summed E-state index contributed by atoms with van der Waals surface area (Å²) >= 11 is 0. The summed E-state index contributed by atoms with van der Waals surface area (Å²) in [5.41, 5.74) is 3.33. The predicted molar refractivity (Wildman–Crippen MR) is 91.7 cm³/mol. The Bertz CT molecular complexity index is 719. The minimum absolute atomic E-state index is 0.0234. The highest BCUT2D eigenvalue weighted by atomic mass is 16.5. The summed E-state index contributed by atoms with van der Waals surface area (Å²) in [6.07, 6.45) is 1.46. The Morgan fingerprint density at radius 3 is 2.61 bits per heavy atom. The van der Waals surface area contributed by atoms with E-state index in [-0.39, 0.29) is 18.2 Å². The number of carbonyl (C=O) groups excluding carboxylic acids is 1. The van der Waals surface area contributed by atoms with Crippen molar-refractivity contribution >= 4 is 17.8 Å². The van der Waals surface area contributed by atoms with E-state index in [0.717, 1.165) is 16.8 Å². The maximum absolute atomic E-state index is 12.0. The molecule has 0 atom stereocenters. The number of hydrogen-bond donors (Lipinski definition) is 2. The molecule has 1 amide bonds. The Labute approximate surface area is 135 Å².